The predicted octanol–water partition coefficient (Wildman–Crippen LogP) is 1.17. The maximum absolute atomic E-state index is 14.6. The van der Waals surface area contributed by atoms with Gasteiger partial charge in [0, 0.05) is 13.1 Å². The average molecular weight is 411 g/mol. The minimum absolute atomic E-state index is 0.0363. The molecule has 0 radical (unpaired) electrons. The number of terminal acetylenes is 1. The van der Waals surface area contributed by atoms with Crippen LogP contribution >= 0.6 is 0 Å². The lowest BCUT2D eigenvalue weighted by molar-refractivity contribution is -0.132. The summed E-state index contributed by atoms with van der Waals surface area (Å²) in [6.07, 6.45) is 1.32. The number of rotatable bonds is 10. The van der Waals surface area contributed by atoms with Crippen molar-refractivity contribution in [3.05, 3.63) is 24.0 Å². The Morgan fingerprint density at radius 3 is 2.90 bits per heavy atom. The maximum atomic E-state index is 14.6. The van der Waals surface area contributed by atoms with Gasteiger partial charge in [0.15, 0.2) is 0 Å². The Bertz CT molecular complexity index is 799. The normalized spacial score (nSPS) is 15.8. The molecule has 1 heterocycles. The molecule has 1 atom stereocenters. The van der Waals surface area contributed by atoms with E-state index in [-0.39, 0.29) is 24.5 Å². The van der Waals surface area contributed by atoms with E-state index >= 15 is 0 Å². The second-order valence-electron chi connectivity index (χ2n) is 6.00. The third-order valence-electron chi connectivity index (χ3n) is 4.04. The first kappa shape index (κ1) is 22.0. The second kappa shape index (κ2) is 10.3. The van der Waals surface area contributed by atoms with E-state index in [0.717, 1.165) is 17.3 Å². The van der Waals surface area contributed by atoms with Gasteiger partial charge in [0.2, 0.25) is 0 Å². The van der Waals surface area contributed by atoms with Crippen molar-refractivity contribution in [2.45, 2.75) is 12.5 Å². The van der Waals surface area contributed by atoms with Crippen molar-refractivity contribution in [1.29, 1.82) is 5.41 Å². The fraction of sp³-hybridized carbons (Fsp3) is 0.389. The molecule has 1 aromatic rings. The molecule has 8 nitrogen and oxygen atoms in total. The zero-order valence-corrected chi connectivity index (χ0v) is 15.3. The molecule has 2 rings (SSSR count). The first-order chi connectivity index (χ1) is 13.9. The number of nitrogens with zero attached hydrogens (tertiary/aromatic N) is 2. The summed E-state index contributed by atoms with van der Waals surface area (Å²) in [7, 11) is 0. The van der Waals surface area contributed by atoms with Gasteiger partial charge in [-0.3, -0.25) is 15.1 Å². The van der Waals surface area contributed by atoms with Crippen molar-refractivity contribution < 1.29 is 27.5 Å². The molecular formula is C18H20F3N5O3. The maximum Gasteiger partial charge on any atom is 0.414 e. The molecule has 1 aliphatic rings. The first-order valence-corrected chi connectivity index (χ1v) is 8.62. The summed E-state index contributed by atoms with van der Waals surface area (Å²) in [5.74, 6) is 0.286. The van der Waals surface area contributed by atoms with Gasteiger partial charge in [0.05, 0.1) is 37.3 Å². The van der Waals surface area contributed by atoms with Gasteiger partial charge in [0.25, 0.3) is 5.91 Å². The lowest BCUT2D eigenvalue weighted by atomic mass is 10.2. The summed E-state index contributed by atoms with van der Waals surface area (Å²) in [5.41, 5.74) is 0.342. The van der Waals surface area contributed by atoms with Crippen molar-refractivity contribution >= 4 is 29.7 Å². The quantitative estimate of drug-likeness (QED) is 0.232. The van der Waals surface area contributed by atoms with Crippen molar-refractivity contribution in [2.24, 2.45) is 0 Å². The zero-order chi connectivity index (χ0) is 21.4. The van der Waals surface area contributed by atoms with E-state index < -0.39 is 30.3 Å². The van der Waals surface area contributed by atoms with Crippen LogP contribution in [0.25, 0.3) is 0 Å². The highest BCUT2D eigenvalue weighted by molar-refractivity contribution is 5.90. The Labute approximate surface area is 165 Å². The fourth-order valence-corrected chi connectivity index (χ4v) is 2.64. The van der Waals surface area contributed by atoms with Crippen LogP contribution in [-0.4, -0.2) is 63.6 Å². The van der Waals surface area contributed by atoms with Crippen LogP contribution in [0.15, 0.2) is 18.2 Å². The number of anilines is 2. The molecule has 11 heteroatoms. The average Bonchev–Trinajstić information content (AvgIpc) is 3.07. The number of cyclic esters (lactones) is 1. The molecule has 0 aromatic heterocycles. The van der Waals surface area contributed by atoms with Gasteiger partial charge in [-0.15, -0.1) is 6.42 Å². The molecule has 1 aromatic carbocycles. The van der Waals surface area contributed by atoms with Gasteiger partial charge >= 0.3 is 12.5 Å². The van der Waals surface area contributed by atoms with Crippen molar-refractivity contribution in [3.63, 3.8) is 0 Å². The van der Waals surface area contributed by atoms with Crippen LogP contribution in [0.5, 0.6) is 0 Å². The monoisotopic (exact) mass is 411 g/mol. The van der Waals surface area contributed by atoms with E-state index in [0.29, 0.717) is 19.6 Å². The van der Waals surface area contributed by atoms with E-state index in [9.17, 15) is 22.8 Å². The van der Waals surface area contributed by atoms with E-state index in [1.54, 1.807) is 0 Å². The first-order valence-electron chi connectivity index (χ1n) is 8.62. The van der Waals surface area contributed by atoms with Gasteiger partial charge in [-0.25, -0.2) is 9.18 Å². The Balaban J connectivity index is 2.01. The molecule has 1 saturated heterocycles. The fourth-order valence-electron chi connectivity index (χ4n) is 2.64. The van der Waals surface area contributed by atoms with Crippen LogP contribution in [-0.2, 0) is 9.53 Å². The largest absolute Gasteiger partial charge is 0.442 e. The van der Waals surface area contributed by atoms with Crippen LogP contribution in [0, 0.1) is 23.6 Å². The van der Waals surface area contributed by atoms with E-state index in [1.165, 1.54) is 17.0 Å². The Hall–Kier alpha value is -3.26. The van der Waals surface area contributed by atoms with Crippen LogP contribution in [0.1, 0.15) is 0 Å². The molecule has 0 unspecified atom stereocenters. The van der Waals surface area contributed by atoms with Gasteiger partial charge in [-0.2, -0.15) is 8.78 Å². The van der Waals surface area contributed by atoms with E-state index in [4.69, 9.17) is 16.6 Å². The van der Waals surface area contributed by atoms with Crippen LogP contribution in [0.4, 0.5) is 29.3 Å². The van der Waals surface area contributed by atoms with Crippen LogP contribution < -0.4 is 20.4 Å². The van der Waals surface area contributed by atoms with Crippen molar-refractivity contribution in [3.8, 4) is 12.3 Å². The molecular weight excluding hydrogens is 391 g/mol. The molecule has 1 fully saturated rings. The highest BCUT2D eigenvalue weighted by Crippen LogP contribution is 2.27. The number of alkyl halides is 2. The lowest BCUT2D eigenvalue weighted by Gasteiger charge is -2.21. The molecule has 0 bridgehead atoms. The molecule has 156 valence electrons. The number of benzene rings is 1. The van der Waals surface area contributed by atoms with Gasteiger partial charge in [-0.1, -0.05) is 5.92 Å². The molecule has 1 aliphatic heterocycles. The summed E-state index contributed by atoms with van der Waals surface area (Å²) < 4.78 is 44.0. The molecule has 2 amide bonds. The molecule has 3 N–H and O–H groups in total. The summed E-state index contributed by atoms with van der Waals surface area (Å²) in [4.78, 5) is 25.4. The highest BCUT2D eigenvalue weighted by Gasteiger charge is 2.33. The van der Waals surface area contributed by atoms with E-state index in [2.05, 4.69) is 11.2 Å². The number of carbonyl (C=O) groups excluding carboxylic acids is 2. The zero-order valence-electron chi connectivity index (χ0n) is 15.3. The second-order valence-corrected chi connectivity index (χ2v) is 6.00. The Kier molecular flexibility index (Phi) is 7.85. The minimum atomic E-state index is -3.16. The highest BCUT2D eigenvalue weighted by atomic mass is 19.3. The van der Waals surface area contributed by atoms with Crippen LogP contribution in [0.2, 0.25) is 0 Å². The topological polar surface area (TPSA) is 97.8 Å². The third-order valence-corrected chi connectivity index (χ3v) is 4.04. The van der Waals surface area contributed by atoms with Crippen molar-refractivity contribution in [1.82, 2.24) is 10.6 Å². The summed E-state index contributed by atoms with van der Waals surface area (Å²) >= 11 is 0. The number of nitrogens with one attached hydrogen (secondary N) is 3. The predicted molar refractivity (Wildman–Crippen MR) is 101 cm³/mol. The number of hydrogen-bond acceptors (Lipinski definition) is 5. The van der Waals surface area contributed by atoms with Crippen LogP contribution in [0.3, 0.4) is 0 Å². The summed E-state index contributed by atoms with van der Waals surface area (Å²) in [6.45, 7) is 0.775. The molecule has 0 saturated carbocycles. The number of halogens is 3. The van der Waals surface area contributed by atoms with Gasteiger partial charge < -0.3 is 20.3 Å². The number of ether oxygens (including phenoxy) is 1. The van der Waals surface area contributed by atoms with Gasteiger partial charge in [-0.05, 0) is 18.2 Å². The molecule has 29 heavy (non-hydrogen) atoms. The summed E-state index contributed by atoms with van der Waals surface area (Å²) in [6, 6.07) is 4.00. The Morgan fingerprint density at radius 1 is 1.52 bits per heavy atom. The standard InChI is InChI=1S/C18H20F3N5O3/c1-2-5-23-6-7-25(11-22)15-4-3-12(8-14(15)19)26-10-13(29-18(26)28)9-24-17(27)16(20)21/h1,3-4,8,11,13,16,22-23H,5-7,9-10H2,(H,24,27)/t13-/m0/s1. The Morgan fingerprint density at radius 2 is 2.28 bits per heavy atom. The number of hydrogen-bond donors (Lipinski definition) is 3. The number of carbonyl (C=O) groups is 2. The third kappa shape index (κ3) is 5.86. The lowest BCUT2D eigenvalue weighted by Crippen LogP contribution is -2.37. The number of amides is 2. The van der Waals surface area contributed by atoms with Gasteiger partial charge in [0.1, 0.15) is 11.9 Å². The molecule has 0 aliphatic carbocycles. The summed E-state index contributed by atoms with van der Waals surface area (Å²) in [5, 5.41) is 12.4. The molecule has 0 spiro atoms. The smallest absolute Gasteiger partial charge is 0.414 e. The minimum Gasteiger partial charge on any atom is -0.442 e. The van der Waals surface area contributed by atoms with E-state index in [1.807, 2.05) is 5.32 Å². The van der Waals surface area contributed by atoms with Crippen molar-refractivity contribution in [2.75, 3.05) is 42.5 Å². The SMILES string of the molecule is C#CCNCCN(C=N)c1ccc(N2C[C@H](CNC(=O)C(F)F)OC2=O)cc1F.